The Bertz CT molecular complexity index is 598. The first-order valence-corrected chi connectivity index (χ1v) is 6.98. The van der Waals surface area contributed by atoms with Crippen molar-refractivity contribution >= 4 is 6.29 Å². The molecule has 0 aromatic heterocycles. The van der Waals surface area contributed by atoms with Crippen LogP contribution in [0.4, 0.5) is 0 Å². The molecule has 1 fully saturated rings. The Morgan fingerprint density at radius 3 is 2.45 bits per heavy atom. The first-order chi connectivity index (χ1) is 9.68. The van der Waals surface area contributed by atoms with Gasteiger partial charge in [-0.3, -0.25) is 0 Å². The predicted molar refractivity (Wildman–Crippen MR) is 79.1 cm³/mol. The molecule has 102 valence electrons. The van der Waals surface area contributed by atoms with Crippen LogP contribution in [0.15, 0.2) is 54.6 Å². The Morgan fingerprint density at radius 2 is 1.75 bits per heavy atom. The standard InChI is InChI=1S/C18H18O2/c1-18(13-19)11-15(12-18)14-6-5-9-17(10-14)20-16-7-3-2-4-8-16/h2-10,13,15H,11-12H2,1H3/t15-,18+. The molecule has 1 saturated carbocycles. The maximum atomic E-state index is 11.0. The van der Waals surface area contributed by atoms with Gasteiger partial charge in [0.05, 0.1) is 0 Å². The summed E-state index contributed by atoms with van der Waals surface area (Å²) in [6, 6.07) is 18.0. The lowest BCUT2D eigenvalue weighted by atomic mass is 9.62. The minimum absolute atomic E-state index is 0.124. The Kier molecular flexibility index (Phi) is 3.31. The fourth-order valence-corrected chi connectivity index (χ4v) is 2.85. The minimum atomic E-state index is -0.124. The summed E-state index contributed by atoms with van der Waals surface area (Å²) in [5.74, 6) is 2.17. The summed E-state index contributed by atoms with van der Waals surface area (Å²) < 4.78 is 5.85. The second-order valence-electron chi connectivity index (χ2n) is 5.86. The molecule has 0 saturated heterocycles. The first kappa shape index (κ1) is 12.9. The predicted octanol–water partition coefficient (Wildman–Crippen LogP) is 4.56. The van der Waals surface area contributed by atoms with Crippen LogP contribution in [0.25, 0.3) is 0 Å². The molecule has 1 aliphatic carbocycles. The number of hydrogen-bond acceptors (Lipinski definition) is 2. The van der Waals surface area contributed by atoms with Gasteiger partial charge in [-0.25, -0.2) is 0 Å². The minimum Gasteiger partial charge on any atom is -0.457 e. The van der Waals surface area contributed by atoms with Gasteiger partial charge in [-0.1, -0.05) is 37.3 Å². The van der Waals surface area contributed by atoms with E-state index < -0.39 is 0 Å². The van der Waals surface area contributed by atoms with Crippen LogP contribution in [0.5, 0.6) is 11.5 Å². The van der Waals surface area contributed by atoms with Crippen LogP contribution in [0, 0.1) is 5.41 Å². The molecule has 0 unspecified atom stereocenters. The summed E-state index contributed by atoms with van der Waals surface area (Å²) in [6.07, 6.45) is 2.96. The molecule has 20 heavy (non-hydrogen) atoms. The fourth-order valence-electron chi connectivity index (χ4n) is 2.85. The molecule has 2 nitrogen and oxygen atoms in total. The molecule has 0 spiro atoms. The van der Waals surface area contributed by atoms with Crippen molar-refractivity contribution in [3.63, 3.8) is 0 Å². The van der Waals surface area contributed by atoms with Gasteiger partial charge in [-0.05, 0) is 48.6 Å². The van der Waals surface area contributed by atoms with Crippen molar-refractivity contribution in [3.05, 3.63) is 60.2 Å². The van der Waals surface area contributed by atoms with Gasteiger partial charge in [0.2, 0.25) is 0 Å². The Hall–Kier alpha value is -2.09. The largest absolute Gasteiger partial charge is 0.457 e. The third-order valence-electron chi connectivity index (χ3n) is 4.02. The van der Waals surface area contributed by atoms with E-state index in [2.05, 4.69) is 12.1 Å². The molecule has 3 rings (SSSR count). The fraction of sp³-hybridized carbons (Fsp3) is 0.278. The zero-order valence-corrected chi connectivity index (χ0v) is 11.6. The lowest BCUT2D eigenvalue weighted by Gasteiger charge is -2.41. The van der Waals surface area contributed by atoms with Crippen molar-refractivity contribution in [3.8, 4) is 11.5 Å². The van der Waals surface area contributed by atoms with E-state index in [-0.39, 0.29) is 5.41 Å². The summed E-state index contributed by atoms with van der Waals surface area (Å²) in [7, 11) is 0. The van der Waals surface area contributed by atoms with Gasteiger partial charge in [0, 0.05) is 5.41 Å². The number of ether oxygens (including phenoxy) is 1. The molecular formula is C18H18O2. The smallest absolute Gasteiger partial charge is 0.127 e. The number of benzene rings is 2. The van der Waals surface area contributed by atoms with Crippen LogP contribution in [-0.4, -0.2) is 6.29 Å². The highest BCUT2D eigenvalue weighted by Crippen LogP contribution is 2.49. The highest BCUT2D eigenvalue weighted by Gasteiger charge is 2.40. The molecular weight excluding hydrogens is 248 g/mol. The van der Waals surface area contributed by atoms with E-state index in [4.69, 9.17) is 4.74 Å². The molecule has 0 amide bonds. The van der Waals surface area contributed by atoms with Crippen molar-refractivity contribution in [1.82, 2.24) is 0 Å². The number of carbonyl (C=O) groups excluding carboxylic acids is 1. The topological polar surface area (TPSA) is 26.3 Å². The quantitative estimate of drug-likeness (QED) is 0.758. The van der Waals surface area contributed by atoms with E-state index in [0.29, 0.717) is 5.92 Å². The van der Waals surface area contributed by atoms with Gasteiger partial charge >= 0.3 is 0 Å². The van der Waals surface area contributed by atoms with Crippen LogP contribution in [0.1, 0.15) is 31.2 Å². The van der Waals surface area contributed by atoms with E-state index in [0.717, 1.165) is 30.6 Å². The summed E-state index contributed by atoms with van der Waals surface area (Å²) >= 11 is 0. The SMILES string of the molecule is C[C@]1(C=O)C[C@@H](c2cccc(Oc3ccccc3)c2)C1. The summed E-state index contributed by atoms with van der Waals surface area (Å²) in [5, 5.41) is 0. The van der Waals surface area contributed by atoms with E-state index in [1.165, 1.54) is 5.56 Å². The first-order valence-electron chi connectivity index (χ1n) is 6.98. The van der Waals surface area contributed by atoms with Gasteiger partial charge in [0.1, 0.15) is 17.8 Å². The lowest BCUT2D eigenvalue weighted by Crippen LogP contribution is -2.34. The Labute approximate surface area is 119 Å². The third-order valence-corrected chi connectivity index (χ3v) is 4.02. The summed E-state index contributed by atoms with van der Waals surface area (Å²) in [6.45, 7) is 2.03. The van der Waals surface area contributed by atoms with Crippen LogP contribution < -0.4 is 4.74 Å². The average molecular weight is 266 g/mol. The second kappa shape index (κ2) is 5.12. The van der Waals surface area contributed by atoms with E-state index in [1.807, 2.05) is 49.4 Å². The Morgan fingerprint density at radius 1 is 1.05 bits per heavy atom. The molecule has 2 aromatic carbocycles. The Balaban J connectivity index is 1.73. The number of hydrogen-bond donors (Lipinski definition) is 0. The highest BCUT2D eigenvalue weighted by molar-refractivity contribution is 5.61. The number of para-hydroxylation sites is 1. The molecule has 0 atom stereocenters. The van der Waals surface area contributed by atoms with Crippen LogP contribution in [0.3, 0.4) is 0 Å². The lowest BCUT2D eigenvalue weighted by molar-refractivity contribution is -0.120. The van der Waals surface area contributed by atoms with Crippen LogP contribution >= 0.6 is 0 Å². The molecule has 2 heteroatoms. The molecule has 0 heterocycles. The van der Waals surface area contributed by atoms with E-state index >= 15 is 0 Å². The van der Waals surface area contributed by atoms with Gasteiger partial charge < -0.3 is 9.53 Å². The molecule has 2 aromatic rings. The second-order valence-corrected chi connectivity index (χ2v) is 5.86. The average Bonchev–Trinajstić information content (AvgIpc) is 2.45. The van der Waals surface area contributed by atoms with Gasteiger partial charge in [-0.2, -0.15) is 0 Å². The van der Waals surface area contributed by atoms with Crippen molar-refractivity contribution < 1.29 is 9.53 Å². The molecule has 0 aliphatic heterocycles. The summed E-state index contributed by atoms with van der Waals surface area (Å²) in [4.78, 5) is 11.0. The maximum absolute atomic E-state index is 11.0. The van der Waals surface area contributed by atoms with E-state index in [9.17, 15) is 4.79 Å². The zero-order chi connectivity index (χ0) is 14.0. The van der Waals surface area contributed by atoms with Crippen molar-refractivity contribution in [1.29, 1.82) is 0 Å². The molecule has 0 N–H and O–H groups in total. The molecule has 0 bridgehead atoms. The number of carbonyl (C=O) groups is 1. The van der Waals surface area contributed by atoms with Gasteiger partial charge in [-0.15, -0.1) is 0 Å². The normalized spacial score (nSPS) is 24.8. The van der Waals surface area contributed by atoms with Crippen LogP contribution in [-0.2, 0) is 4.79 Å². The summed E-state index contributed by atoms with van der Waals surface area (Å²) in [5.41, 5.74) is 1.14. The zero-order valence-electron chi connectivity index (χ0n) is 11.6. The van der Waals surface area contributed by atoms with Crippen molar-refractivity contribution in [2.75, 3.05) is 0 Å². The van der Waals surface area contributed by atoms with Crippen molar-refractivity contribution in [2.45, 2.75) is 25.7 Å². The molecule has 0 radical (unpaired) electrons. The molecule has 1 aliphatic rings. The van der Waals surface area contributed by atoms with Crippen molar-refractivity contribution in [2.24, 2.45) is 5.41 Å². The van der Waals surface area contributed by atoms with Gasteiger partial charge in [0.15, 0.2) is 0 Å². The third kappa shape index (κ3) is 2.60. The number of aldehydes is 1. The monoisotopic (exact) mass is 266 g/mol. The number of rotatable bonds is 4. The maximum Gasteiger partial charge on any atom is 0.127 e. The highest BCUT2D eigenvalue weighted by atomic mass is 16.5. The van der Waals surface area contributed by atoms with Gasteiger partial charge in [0.25, 0.3) is 0 Å². The van der Waals surface area contributed by atoms with Crippen LogP contribution in [0.2, 0.25) is 0 Å². The van der Waals surface area contributed by atoms with E-state index in [1.54, 1.807) is 0 Å².